The molecule has 0 unspecified atom stereocenters. The number of unbranched alkanes of at least 4 members (excludes halogenated alkanes) is 26. The van der Waals surface area contributed by atoms with Crippen molar-refractivity contribution in [2.24, 2.45) is 11.5 Å². The lowest BCUT2D eigenvalue weighted by Gasteiger charge is -2.28. The first-order valence-corrected chi connectivity index (χ1v) is 17.2. The van der Waals surface area contributed by atoms with E-state index in [0.29, 0.717) is 6.54 Å². The average molecular weight is 509 g/mol. The molecule has 0 saturated carbocycles. The third kappa shape index (κ3) is 27.0. The second kappa shape index (κ2) is 29.5. The molecule has 0 amide bonds. The van der Waals surface area contributed by atoms with Gasteiger partial charge in [0, 0.05) is 12.1 Å². The van der Waals surface area contributed by atoms with E-state index in [9.17, 15) is 0 Å². The van der Waals surface area contributed by atoms with E-state index in [0.717, 1.165) is 12.8 Å². The molecule has 0 heterocycles. The van der Waals surface area contributed by atoms with Crippen molar-refractivity contribution in [3.05, 3.63) is 0 Å². The van der Waals surface area contributed by atoms with E-state index >= 15 is 0 Å². The van der Waals surface area contributed by atoms with Crippen LogP contribution in [-0.2, 0) is 0 Å². The van der Waals surface area contributed by atoms with Crippen LogP contribution in [0.2, 0.25) is 0 Å². The van der Waals surface area contributed by atoms with Gasteiger partial charge in [-0.1, -0.05) is 194 Å². The summed E-state index contributed by atoms with van der Waals surface area (Å²) >= 11 is 0. The van der Waals surface area contributed by atoms with Gasteiger partial charge in [0.1, 0.15) is 0 Å². The molecule has 0 saturated heterocycles. The van der Waals surface area contributed by atoms with Gasteiger partial charge in [0.2, 0.25) is 0 Å². The van der Waals surface area contributed by atoms with Crippen LogP contribution >= 0.6 is 0 Å². The summed E-state index contributed by atoms with van der Waals surface area (Å²) in [6.45, 7) is 5.25. The zero-order valence-corrected chi connectivity index (χ0v) is 25.6. The summed E-state index contributed by atoms with van der Waals surface area (Å²) in [7, 11) is 0. The lowest BCUT2D eigenvalue weighted by Crippen LogP contribution is -2.46. The van der Waals surface area contributed by atoms with Gasteiger partial charge in [-0.2, -0.15) is 0 Å². The molecular formula is C34H72N2. The molecule has 0 atom stereocenters. The molecule has 0 spiro atoms. The zero-order valence-electron chi connectivity index (χ0n) is 25.6. The lowest BCUT2D eigenvalue weighted by molar-refractivity contribution is 0.342. The van der Waals surface area contributed by atoms with E-state index in [1.807, 2.05) is 0 Å². The Morgan fingerprint density at radius 1 is 0.333 bits per heavy atom. The summed E-state index contributed by atoms with van der Waals surface area (Å²) in [5.74, 6) is 0. The predicted octanol–water partition coefficient (Wildman–Crippen LogP) is 11.4. The fourth-order valence-electron chi connectivity index (χ4n) is 5.67. The third-order valence-corrected chi connectivity index (χ3v) is 8.46. The maximum absolute atomic E-state index is 6.67. The highest BCUT2D eigenvalue weighted by molar-refractivity contribution is 4.84. The SMILES string of the molecule is CCCCCCCCCCCCCCCCC(N)(CN)CCCCCCCCCCCCCCCC. The Morgan fingerprint density at radius 3 is 0.722 bits per heavy atom. The fourth-order valence-corrected chi connectivity index (χ4v) is 5.67. The molecule has 0 aromatic rings. The Kier molecular flexibility index (Phi) is 29.4. The molecule has 0 aromatic carbocycles. The van der Waals surface area contributed by atoms with Crippen molar-refractivity contribution >= 4 is 0 Å². The van der Waals surface area contributed by atoms with Gasteiger partial charge >= 0.3 is 0 Å². The minimum absolute atomic E-state index is 0.103. The van der Waals surface area contributed by atoms with Gasteiger partial charge in [-0.25, -0.2) is 0 Å². The van der Waals surface area contributed by atoms with Crippen LogP contribution in [0.4, 0.5) is 0 Å². The minimum atomic E-state index is -0.103. The van der Waals surface area contributed by atoms with Crippen molar-refractivity contribution < 1.29 is 0 Å². The van der Waals surface area contributed by atoms with E-state index in [-0.39, 0.29) is 5.54 Å². The zero-order chi connectivity index (χ0) is 26.4. The third-order valence-electron chi connectivity index (χ3n) is 8.46. The van der Waals surface area contributed by atoms with Crippen LogP contribution in [-0.4, -0.2) is 12.1 Å². The van der Waals surface area contributed by atoms with Crippen LogP contribution in [0, 0.1) is 0 Å². The molecule has 2 nitrogen and oxygen atoms in total. The van der Waals surface area contributed by atoms with Crippen molar-refractivity contribution in [3.8, 4) is 0 Å². The van der Waals surface area contributed by atoms with Gasteiger partial charge in [-0.3, -0.25) is 0 Å². The first-order valence-electron chi connectivity index (χ1n) is 17.2. The van der Waals surface area contributed by atoms with Crippen LogP contribution in [0.1, 0.15) is 206 Å². The maximum atomic E-state index is 6.67. The molecule has 0 rings (SSSR count). The van der Waals surface area contributed by atoms with Crippen LogP contribution in [0.25, 0.3) is 0 Å². The van der Waals surface area contributed by atoms with E-state index in [2.05, 4.69) is 13.8 Å². The summed E-state index contributed by atoms with van der Waals surface area (Å²) in [5.41, 5.74) is 12.7. The van der Waals surface area contributed by atoms with Crippen LogP contribution in [0.15, 0.2) is 0 Å². The Hall–Kier alpha value is -0.0800. The fraction of sp³-hybridized carbons (Fsp3) is 1.00. The van der Waals surface area contributed by atoms with E-state index < -0.39 is 0 Å². The minimum Gasteiger partial charge on any atom is -0.329 e. The lowest BCUT2D eigenvalue weighted by atomic mass is 9.87. The predicted molar refractivity (Wildman–Crippen MR) is 166 cm³/mol. The molecule has 0 radical (unpaired) electrons. The van der Waals surface area contributed by atoms with Crippen molar-refractivity contribution in [1.29, 1.82) is 0 Å². The molecule has 4 N–H and O–H groups in total. The first kappa shape index (κ1) is 35.9. The van der Waals surface area contributed by atoms with Crippen LogP contribution in [0.3, 0.4) is 0 Å². The van der Waals surface area contributed by atoms with Gasteiger partial charge in [0.05, 0.1) is 0 Å². The topological polar surface area (TPSA) is 52.0 Å². The highest BCUT2D eigenvalue weighted by atomic mass is 14.8. The molecule has 0 aliphatic heterocycles. The normalized spacial score (nSPS) is 12.0. The van der Waals surface area contributed by atoms with E-state index in [1.165, 1.54) is 180 Å². The summed E-state index contributed by atoms with van der Waals surface area (Å²) in [5, 5.41) is 0. The maximum Gasteiger partial charge on any atom is 0.0278 e. The van der Waals surface area contributed by atoms with E-state index in [4.69, 9.17) is 11.5 Å². The number of hydrogen-bond donors (Lipinski definition) is 2. The Bertz CT molecular complexity index is 363. The summed E-state index contributed by atoms with van der Waals surface area (Å²) < 4.78 is 0. The van der Waals surface area contributed by atoms with Gasteiger partial charge in [0.15, 0.2) is 0 Å². The summed E-state index contributed by atoms with van der Waals surface area (Å²) in [6, 6.07) is 0. The second-order valence-electron chi connectivity index (χ2n) is 12.3. The van der Waals surface area contributed by atoms with Crippen molar-refractivity contribution in [1.82, 2.24) is 0 Å². The highest BCUT2D eigenvalue weighted by Crippen LogP contribution is 2.21. The van der Waals surface area contributed by atoms with Gasteiger partial charge in [-0.05, 0) is 12.8 Å². The quantitative estimate of drug-likeness (QED) is 0.0914. The molecule has 0 aromatic heterocycles. The molecule has 0 aliphatic carbocycles. The molecular weight excluding hydrogens is 436 g/mol. The van der Waals surface area contributed by atoms with Crippen molar-refractivity contribution in [2.75, 3.05) is 6.54 Å². The van der Waals surface area contributed by atoms with Crippen molar-refractivity contribution in [3.63, 3.8) is 0 Å². The van der Waals surface area contributed by atoms with Gasteiger partial charge in [-0.15, -0.1) is 0 Å². The molecule has 0 bridgehead atoms. The van der Waals surface area contributed by atoms with Gasteiger partial charge < -0.3 is 11.5 Å². The van der Waals surface area contributed by atoms with Crippen LogP contribution in [0.5, 0.6) is 0 Å². The molecule has 0 aliphatic rings. The average Bonchev–Trinajstić information content (AvgIpc) is 2.89. The smallest absolute Gasteiger partial charge is 0.0278 e. The largest absolute Gasteiger partial charge is 0.329 e. The molecule has 2 heteroatoms. The highest BCUT2D eigenvalue weighted by Gasteiger charge is 2.21. The Labute approximate surface area is 229 Å². The Balaban J connectivity index is 3.41. The number of rotatable bonds is 31. The van der Waals surface area contributed by atoms with Gasteiger partial charge in [0.25, 0.3) is 0 Å². The van der Waals surface area contributed by atoms with Crippen LogP contribution < -0.4 is 11.5 Å². The second-order valence-corrected chi connectivity index (χ2v) is 12.3. The Morgan fingerprint density at radius 2 is 0.528 bits per heavy atom. The van der Waals surface area contributed by atoms with Crippen molar-refractivity contribution in [2.45, 2.75) is 212 Å². The molecule has 218 valence electrons. The summed E-state index contributed by atoms with van der Waals surface area (Å²) in [4.78, 5) is 0. The summed E-state index contributed by atoms with van der Waals surface area (Å²) in [6.07, 6.45) is 41.8. The number of hydrogen-bond acceptors (Lipinski definition) is 2. The van der Waals surface area contributed by atoms with E-state index in [1.54, 1.807) is 0 Å². The first-order chi connectivity index (χ1) is 17.7. The monoisotopic (exact) mass is 509 g/mol. The standard InChI is InChI=1S/C34H72N2/c1-3-5-7-9-11-13-15-17-19-21-23-25-27-29-31-34(36,33-35)32-30-28-26-24-22-20-18-16-14-12-10-8-6-4-2/h3-33,35-36H2,1-2H3. The molecule has 36 heavy (non-hydrogen) atoms. The molecule has 0 fully saturated rings. The number of nitrogens with two attached hydrogens (primary N) is 2.